The van der Waals surface area contributed by atoms with Crippen molar-refractivity contribution in [2.45, 2.75) is 56.7 Å². The Bertz CT molecular complexity index is 971. The van der Waals surface area contributed by atoms with E-state index < -0.39 is 5.97 Å². The van der Waals surface area contributed by atoms with Crippen molar-refractivity contribution >= 4 is 23.5 Å². The van der Waals surface area contributed by atoms with Gasteiger partial charge in [-0.05, 0) is 49.8 Å². The summed E-state index contributed by atoms with van der Waals surface area (Å²) in [6.45, 7) is 0.490. The lowest BCUT2D eigenvalue weighted by Crippen LogP contribution is -2.27. The van der Waals surface area contributed by atoms with Crippen LogP contribution in [-0.4, -0.2) is 40.7 Å². The first-order chi connectivity index (χ1) is 15.5. The van der Waals surface area contributed by atoms with Crippen LogP contribution in [0.2, 0.25) is 5.02 Å². The van der Waals surface area contributed by atoms with E-state index in [2.05, 4.69) is 10.3 Å². The van der Waals surface area contributed by atoms with Gasteiger partial charge in [-0.25, -0.2) is 4.98 Å². The Hall–Kier alpha value is -2.64. The number of carboxylic acid groups (broad SMARTS) is 1. The van der Waals surface area contributed by atoms with E-state index in [0.717, 1.165) is 24.8 Å². The van der Waals surface area contributed by atoms with Crippen molar-refractivity contribution in [1.29, 1.82) is 0 Å². The molecule has 4 rings (SSSR count). The molecule has 8 heteroatoms. The highest BCUT2D eigenvalue weighted by Gasteiger charge is 2.51. The number of benzene rings is 1. The zero-order chi connectivity index (χ0) is 22.5. The normalized spacial score (nSPS) is 24.3. The van der Waals surface area contributed by atoms with E-state index in [1.165, 1.54) is 6.26 Å². The smallest absolute Gasteiger partial charge is 0.303 e. The number of aromatic nitrogens is 1. The maximum atomic E-state index is 12.5. The summed E-state index contributed by atoms with van der Waals surface area (Å²) < 4.78 is 11.8. The van der Waals surface area contributed by atoms with Crippen LogP contribution < -0.4 is 5.32 Å². The van der Waals surface area contributed by atoms with E-state index in [-0.39, 0.29) is 42.1 Å². The average Bonchev–Trinajstić information content (AvgIpc) is 3.51. The van der Waals surface area contributed by atoms with Crippen LogP contribution in [0.5, 0.6) is 0 Å². The lowest BCUT2D eigenvalue weighted by molar-refractivity contribution is -0.136. The van der Waals surface area contributed by atoms with E-state index in [1.807, 2.05) is 36.4 Å². The summed E-state index contributed by atoms with van der Waals surface area (Å²) in [5.41, 5.74) is 1.36. The molecule has 0 saturated carbocycles. The molecular formula is C24H27ClN2O5. The summed E-state index contributed by atoms with van der Waals surface area (Å²) in [7, 11) is 0. The summed E-state index contributed by atoms with van der Waals surface area (Å²) in [6, 6.07) is 7.54. The number of nitrogens with zero attached hydrogens (tertiary/aromatic N) is 1. The fraction of sp³-hybridized carbons (Fsp3) is 0.458. The Morgan fingerprint density at radius 1 is 1.19 bits per heavy atom. The number of carboxylic acids is 1. The van der Waals surface area contributed by atoms with Gasteiger partial charge in [-0.15, -0.1) is 0 Å². The van der Waals surface area contributed by atoms with Crippen LogP contribution in [0, 0.1) is 5.92 Å². The van der Waals surface area contributed by atoms with Crippen LogP contribution in [0.3, 0.4) is 0 Å². The Kier molecular flexibility index (Phi) is 7.27. The monoisotopic (exact) mass is 458 g/mol. The molecule has 2 aliphatic heterocycles. The molecule has 0 radical (unpaired) electrons. The Labute approximate surface area is 191 Å². The van der Waals surface area contributed by atoms with Crippen LogP contribution in [0.4, 0.5) is 0 Å². The van der Waals surface area contributed by atoms with E-state index in [4.69, 9.17) is 25.9 Å². The summed E-state index contributed by atoms with van der Waals surface area (Å²) >= 11 is 5.90. The quantitative estimate of drug-likeness (QED) is 0.512. The van der Waals surface area contributed by atoms with Gasteiger partial charge in [0.25, 0.3) is 5.91 Å². The number of ether oxygens (including phenoxy) is 1. The molecule has 2 saturated heterocycles. The number of aliphatic carboxylic acids is 1. The van der Waals surface area contributed by atoms with Gasteiger partial charge in [0.15, 0.2) is 5.69 Å². The third-order valence-electron chi connectivity index (χ3n) is 6.18. The van der Waals surface area contributed by atoms with Crippen LogP contribution in [0.25, 0.3) is 0 Å². The molecule has 7 nitrogen and oxygen atoms in total. The number of hydrogen-bond acceptors (Lipinski definition) is 5. The Morgan fingerprint density at radius 2 is 1.97 bits per heavy atom. The molecule has 1 aromatic heterocycles. The number of rotatable bonds is 10. The third-order valence-corrected chi connectivity index (χ3v) is 6.43. The summed E-state index contributed by atoms with van der Waals surface area (Å²) in [5, 5.41) is 12.3. The number of fused-ring (bicyclic) bond motifs is 2. The van der Waals surface area contributed by atoms with Crippen molar-refractivity contribution in [3.8, 4) is 0 Å². The molecule has 170 valence electrons. The molecule has 4 atom stereocenters. The Morgan fingerprint density at radius 3 is 2.75 bits per heavy atom. The number of carbonyl (C=O) groups excluding carboxylic acids is 1. The molecule has 2 fully saturated rings. The molecule has 2 aromatic rings. The second-order valence-electron chi connectivity index (χ2n) is 8.32. The predicted octanol–water partition coefficient (Wildman–Crippen LogP) is 4.37. The molecule has 3 heterocycles. The van der Waals surface area contributed by atoms with E-state index >= 15 is 0 Å². The summed E-state index contributed by atoms with van der Waals surface area (Å²) in [5.74, 6) is -0.288. The van der Waals surface area contributed by atoms with Crippen LogP contribution >= 0.6 is 11.6 Å². The second kappa shape index (κ2) is 10.3. The van der Waals surface area contributed by atoms with Gasteiger partial charge in [-0.1, -0.05) is 35.9 Å². The van der Waals surface area contributed by atoms with Crippen LogP contribution in [0.1, 0.15) is 60.0 Å². The SMILES string of the molecule is O=C(O)CC/C=C\C[C@@H]1[C@H](c2nc(C(=O)NCCc3ccc(Cl)cc3)co2)[C@H]2CC[C@@H]1O2. The van der Waals surface area contributed by atoms with Gasteiger partial charge in [0.05, 0.1) is 18.1 Å². The van der Waals surface area contributed by atoms with Crippen LogP contribution in [-0.2, 0) is 16.0 Å². The second-order valence-corrected chi connectivity index (χ2v) is 8.76. The zero-order valence-corrected chi connectivity index (χ0v) is 18.5. The number of amides is 1. The minimum absolute atomic E-state index is 0.00786. The standard InChI is InChI=1S/C24H27ClN2O5/c25-16-8-6-15(7-9-16)12-13-26-23(30)18-14-31-24(27-18)22-17(19-10-11-20(22)32-19)4-2-1-3-5-21(28)29/h1-2,6-9,14,17,19-20,22H,3-5,10-13H2,(H,26,30)(H,28,29)/b2-1-/t17-,19-,20+,22-/m0/s1. The lowest BCUT2D eigenvalue weighted by atomic mass is 9.77. The molecular weight excluding hydrogens is 432 g/mol. The summed E-state index contributed by atoms with van der Waals surface area (Å²) in [6.07, 6.45) is 9.63. The average molecular weight is 459 g/mol. The lowest BCUT2D eigenvalue weighted by Gasteiger charge is -2.24. The van der Waals surface area contributed by atoms with Crippen molar-refractivity contribution in [1.82, 2.24) is 10.3 Å². The number of nitrogens with one attached hydrogen (secondary N) is 1. The van der Waals surface area contributed by atoms with Gasteiger partial charge in [0, 0.05) is 23.9 Å². The van der Waals surface area contributed by atoms with Crippen molar-refractivity contribution < 1.29 is 23.8 Å². The first-order valence-electron chi connectivity index (χ1n) is 11.0. The fourth-order valence-electron chi connectivity index (χ4n) is 4.60. The molecule has 0 unspecified atom stereocenters. The first kappa shape index (κ1) is 22.6. The van der Waals surface area contributed by atoms with Gasteiger partial charge in [-0.2, -0.15) is 0 Å². The molecule has 1 aromatic carbocycles. The zero-order valence-electron chi connectivity index (χ0n) is 17.7. The molecule has 1 amide bonds. The maximum Gasteiger partial charge on any atom is 0.303 e. The van der Waals surface area contributed by atoms with Crippen molar-refractivity contribution in [3.05, 3.63) is 64.9 Å². The fourth-order valence-corrected chi connectivity index (χ4v) is 4.73. The number of allylic oxidation sites excluding steroid dienone is 2. The maximum absolute atomic E-state index is 12.5. The minimum atomic E-state index is -0.797. The highest BCUT2D eigenvalue weighted by Crippen LogP contribution is 2.50. The van der Waals surface area contributed by atoms with Crippen molar-refractivity contribution in [2.24, 2.45) is 5.92 Å². The van der Waals surface area contributed by atoms with Crippen LogP contribution in [0.15, 0.2) is 47.1 Å². The Balaban J connectivity index is 1.33. The van der Waals surface area contributed by atoms with E-state index in [9.17, 15) is 9.59 Å². The van der Waals surface area contributed by atoms with Gasteiger partial charge >= 0.3 is 5.97 Å². The number of carbonyl (C=O) groups is 2. The van der Waals surface area contributed by atoms with E-state index in [0.29, 0.717) is 30.3 Å². The molecule has 2 aliphatic rings. The molecule has 0 aliphatic carbocycles. The molecule has 2 N–H and O–H groups in total. The van der Waals surface area contributed by atoms with E-state index in [1.54, 1.807) is 0 Å². The minimum Gasteiger partial charge on any atom is -0.481 e. The molecule has 2 bridgehead atoms. The van der Waals surface area contributed by atoms with Gasteiger partial charge in [0.2, 0.25) is 5.89 Å². The number of hydrogen-bond donors (Lipinski definition) is 2. The van der Waals surface area contributed by atoms with Gasteiger partial charge in [0.1, 0.15) is 6.26 Å². The number of oxazole rings is 1. The highest BCUT2D eigenvalue weighted by molar-refractivity contribution is 6.30. The van der Waals surface area contributed by atoms with Crippen molar-refractivity contribution in [2.75, 3.05) is 6.54 Å². The van der Waals surface area contributed by atoms with Gasteiger partial charge in [-0.3, -0.25) is 9.59 Å². The number of halogens is 1. The third kappa shape index (κ3) is 5.40. The highest BCUT2D eigenvalue weighted by atomic mass is 35.5. The van der Waals surface area contributed by atoms with Crippen molar-refractivity contribution in [3.63, 3.8) is 0 Å². The predicted molar refractivity (Wildman–Crippen MR) is 119 cm³/mol. The molecule has 0 spiro atoms. The van der Waals surface area contributed by atoms with Gasteiger partial charge < -0.3 is 19.6 Å². The largest absolute Gasteiger partial charge is 0.481 e. The first-order valence-corrected chi connectivity index (χ1v) is 11.4. The topological polar surface area (TPSA) is 102 Å². The summed E-state index contributed by atoms with van der Waals surface area (Å²) in [4.78, 5) is 27.7. The molecule has 32 heavy (non-hydrogen) atoms.